The summed E-state index contributed by atoms with van der Waals surface area (Å²) in [5, 5.41) is 5.33. The Labute approximate surface area is 154 Å². The summed E-state index contributed by atoms with van der Waals surface area (Å²) < 4.78 is 5.49. The molecule has 0 radical (unpaired) electrons. The molecule has 2 amide bonds. The predicted molar refractivity (Wildman–Crippen MR) is 102 cm³/mol. The Bertz CT molecular complexity index is 719. The summed E-state index contributed by atoms with van der Waals surface area (Å²) in [6, 6.07) is 16.8. The van der Waals surface area contributed by atoms with Crippen molar-refractivity contribution >= 4 is 11.8 Å². The van der Waals surface area contributed by atoms with Crippen molar-refractivity contribution in [2.45, 2.75) is 26.2 Å². The van der Waals surface area contributed by atoms with Gasteiger partial charge in [0.15, 0.2) is 0 Å². The Morgan fingerprint density at radius 3 is 2.19 bits per heavy atom. The normalized spacial score (nSPS) is 10.9. The summed E-state index contributed by atoms with van der Waals surface area (Å²) >= 11 is 0. The standard InChI is InChI=1S/C21H26N2O3/c1-21(2,3)17-11-9-16(10-12-17)20(25)23-15-19(24)22-13-14-26-18-7-5-4-6-8-18/h4-12H,13-15H2,1-3H3,(H,22,24)(H,23,25). The first-order valence-corrected chi connectivity index (χ1v) is 8.69. The van der Waals surface area contributed by atoms with Crippen LogP contribution in [0.2, 0.25) is 0 Å². The molecule has 0 atom stereocenters. The number of carbonyl (C=O) groups is 2. The van der Waals surface area contributed by atoms with Crippen LogP contribution in [0.25, 0.3) is 0 Å². The first kappa shape index (κ1) is 19.5. The van der Waals surface area contributed by atoms with Crippen LogP contribution in [0.15, 0.2) is 54.6 Å². The summed E-state index contributed by atoms with van der Waals surface area (Å²) in [5.41, 5.74) is 1.74. The van der Waals surface area contributed by atoms with Crippen LogP contribution in [0.5, 0.6) is 5.75 Å². The third-order valence-corrected chi connectivity index (χ3v) is 3.86. The lowest BCUT2D eigenvalue weighted by Crippen LogP contribution is -2.38. The van der Waals surface area contributed by atoms with Crippen molar-refractivity contribution in [3.63, 3.8) is 0 Å². The first-order chi connectivity index (χ1) is 12.4. The third-order valence-electron chi connectivity index (χ3n) is 3.86. The molecule has 2 rings (SSSR count). The van der Waals surface area contributed by atoms with Crippen LogP contribution in [0.1, 0.15) is 36.7 Å². The van der Waals surface area contributed by atoms with Crippen molar-refractivity contribution in [3.8, 4) is 5.75 Å². The number of para-hydroxylation sites is 1. The molecule has 2 aromatic carbocycles. The van der Waals surface area contributed by atoms with E-state index in [0.29, 0.717) is 18.7 Å². The Morgan fingerprint density at radius 2 is 1.58 bits per heavy atom. The molecule has 26 heavy (non-hydrogen) atoms. The Balaban J connectivity index is 1.69. The molecule has 0 aliphatic carbocycles. The number of hydrogen-bond acceptors (Lipinski definition) is 3. The van der Waals surface area contributed by atoms with E-state index in [-0.39, 0.29) is 23.8 Å². The van der Waals surface area contributed by atoms with Gasteiger partial charge in [-0.05, 0) is 35.2 Å². The zero-order chi connectivity index (χ0) is 19.0. The number of rotatable bonds is 7. The minimum Gasteiger partial charge on any atom is -0.492 e. The monoisotopic (exact) mass is 354 g/mol. The zero-order valence-electron chi connectivity index (χ0n) is 15.5. The molecule has 0 heterocycles. The number of amides is 2. The number of hydrogen-bond donors (Lipinski definition) is 2. The van der Waals surface area contributed by atoms with Crippen molar-refractivity contribution < 1.29 is 14.3 Å². The van der Waals surface area contributed by atoms with E-state index in [2.05, 4.69) is 31.4 Å². The Kier molecular flexibility index (Phi) is 6.78. The highest BCUT2D eigenvalue weighted by molar-refractivity contribution is 5.96. The molecular formula is C21H26N2O3. The largest absolute Gasteiger partial charge is 0.492 e. The van der Waals surface area contributed by atoms with Crippen LogP contribution in [0, 0.1) is 0 Å². The van der Waals surface area contributed by atoms with Gasteiger partial charge in [-0.2, -0.15) is 0 Å². The lowest BCUT2D eigenvalue weighted by molar-refractivity contribution is -0.120. The zero-order valence-corrected chi connectivity index (χ0v) is 15.5. The van der Waals surface area contributed by atoms with E-state index in [9.17, 15) is 9.59 Å². The average Bonchev–Trinajstić information content (AvgIpc) is 2.63. The molecule has 0 saturated carbocycles. The average molecular weight is 354 g/mol. The lowest BCUT2D eigenvalue weighted by atomic mass is 9.87. The van der Waals surface area contributed by atoms with Crippen LogP contribution in [0.4, 0.5) is 0 Å². The number of carbonyl (C=O) groups excluding carboxylic acids is 2. The van der Waals surface area contributed by atoms with E-state index in [1.54, 1.807) is 12.1 Å². The Morgan fingerprint density at radius 1 is 0.923 bits per heavy atom. The summed E-state index contributed by atoms with van der Waals surface area (Å²) in [6.45, 7) is 7.04. The summed E-state index contributed by atoms with van der Waals surface area (Å²) in [7, 11) is 0. The molecule has 5 nitrogen and oxygen atoms in total. The lowest BCUT2D eigenvalue weighted by Gasteiger charge is -2.19. The van der Waals surface area contributed by atoms with Crippen molar-refractivity contribution in [1.82, 2.24) is 10.6 Å². The highest BCUT2D eigenvalue weighted by Gasteiger charge is 2.14. The fraction of sp³-hybridized carbons (Fsp3) is 0.333. The topological polar surface area (TPSA) is 67.4 Å². The van der Waals surface area contributed by atoms with Gasteiger partial charge in [-0.1, -0.05) is 51.1 Å². The SMILES string of the molecule is CC(C)(C)c1ccc(C(=O)NCC(=O)NCCOc2ccccc2)cc1. The fourth-order valence-electron chi connectivity index (χ4n) is 2.32. The molecule has 2 N–H and O–H groups in total. The van der Waals surface area contributed by atoms with Crippen LogP contribution in [0.3, 0.4) is 0 Å². The van der Waals surface area contributed by atoms with Crippen LogP contribution in [-0.2, 0) is 10.2 Å². The van der Waals surface area contributed by atoms with E-state index >= 15 is 0 Å². The second-order valence-corrected chi connectivity index (χ2v) is 7.02. The molecule has 0 spiro atoms. The molecule has 0 unspecified atom stereocenters. The maximum Gasteiger partial charge on any atom is 0.251 e. The quantitative estimate of drug-likeness (QED) is 0.751. The van der Waals surface area contributed by atoms with Gasteiger partial charge in [-0.15, -0.1) is 0 Å². The van der Waals surface area contributed by atoms with E-state index in [1.807, 2.05) is 42.5 Å². The molecular weight excluding hydrogens is 328 g/mol. The molecule has 5 heteroatoms. The van der Waals surface area contributed by atoms with E-state index in [4.69, 9.17) is 4.74 Å². The highest BCUT2D eigenvalue weighted by atomic mass is 16.5. The van der Waals surface area contributed by atoms with E-state index < -0.39 is 0 Å². The fourth-order valence-corrected chi connectivity index (χ4v) is 2.32. The molecule has 0 aliphatic rings. The molecule has 0 saturated heterocycles. The van der Waals surface area contributed by atoms with E-state index in [0.717, 1.165) is 11.3 Å². The molecule has 0 fully saturated rings. The van der Waals surface area contributed by atoms with Gasteiger partial charge in [-0.25, -0.2) is 0 Å². The van der Waals surface area contributed by atoms with Gasteiger partial charge >= 0.3 is 0 Å². The maximum absolute atomic E-state index is 12.1. The second-order valence-electron chi connectivity index (χ2n) is 7.02. The highest BCUT2D eigenvalue weighted by Crippen LogP contribution is 2.22. The molecule has 2 aromatic rings. The number of ether oxygens (including phenoxy) is 1. The number of benzene rings is 2. The van der Waals surface area contributed by atoms with E-state index in [1.165, 1.54) is 0 Å². The van der Waals surface area contributed by atoms with Gasteiger partial charge in [-0.3, -0.25) is 9.59 Å². The minimum atomic E-state index is -0.263. The van der Waals surface area contributed by atoms with Gasteiger partial charge in [0.2, 0.25) is 5.91 Å². The van der Waals surface area contributed by atoms with Crippen molar-refractivity contribution in [1.29, 1.82) is 0 Å². The van der Waals surface area contributed by atoms with Crippen LogP contribution in [-0.4, -0.2) is 31.5 Å². The smallest absolute Gasteiger partial charge is 0.251 e. The number of nitrogens with one attached hydrogen (secondary N) is 2. The summed E-state index contributed by atoms with van der Waals surface area (Å²) in [6.07, 6.45) is 0. The summed E-state index contributed by atoms with van der Waals surface area (Å²) in [4.78, 5) is 23.9. The van der Waals surface area contributed by atoms with Crippen LogP contribution < -0.4 is 15.4 Å². The summed E-state index contributed by atoms with van der Waals surface area (Å²) in [5.74, 6) is 0.247. The predicted octanol–water partition coefficient (Wildman–Crippen LogP) is 2.91. The second kappa shape index (κ2) is 9.04. The van der Waals surface area contributed by atoms with Crippen molar-refractivity contribution in [3.05, 3.63) is 65.7 Å². The molecule has 0 bridgehead atoms. The molecule has 0 aromatic heterocycles. The van der Waals surface area contributed by atoms with Crippen molar-refractivity contribution in [2.75, 3.05) is 19.7 Å². The van der Waals surface area contributed by atoms with Crippen LogP contribution >= 0.6 is 0 Å². The van der Waals surface area contributed by atoms with Gasteiger partial charge in [0.05, 0.1) is 13.1 Å². The Hall–Kier alpha value is -2.82. The van der Waals surface area contributed by atoms with Gasteiger partial charge in [0.1, 0.15) is 12.4 Å². The van der Waals surface area contributed by atoms with Gasteiger partial charge in [0.25, 0.3) is 5.91 Å². The van der Waals surface area contributed by atoms with Crippen molar-refractivity contribution in [2.24, 2.45) is 0 Å². The third kappa shape index (κ3) is 6.24. The molecule has 0 aliphatic heterocycles. The first-order valence-electron chi connectivity index (χ1n) is 8.69. The van der Waals surface area contributed by atoms with Gasteiger partial charge in [0, 0.05) is 5.56 Å². The molecule has 138 valence electrons. The maximum atomic E-state index is 12.1. The minimum absolute atomic E-state index is 0.0384. The van der Waals surface area contributed by atoms with Gasteiger partial charge < -0.3 is 15.4 Å².